The molecule has 2 atom stereocenters. The van der Waals surface area contributed by atoms with Crippen molar-refractivity contribution in [1.29, 1.82) is 0 Å². The first-order valence-electron chi connectivity index (χ1n) is 3.82. The molecule has 4 heteroatoms. The van der Waals surface area contributed by atoms with E-state index in [9.17, 15) is 4.79 Å². The van der Waals surface area contributed by atoms with Crippen LogP contribution in [0.15, 0.2) is 11.8 Å². The van der Waals surface area contributed by atoms with E-state index in [1.165, 1.54) is 7.11 Å². The van der Waals surface area contributed by atoms with E-state index in [1.807, 2.05) is 6.92 Å². The topological polar surface area (TPSA) is 55.8 Å². The first-order chi connectivity index (χ1) is 5.69. The molecule has 1 aliphatic heterocycles. The molecule has 0 aromatic carbocycles. The lowest BCUT2D eigenvalue weighted by atomic mass is 10.1. The lowest BCUT2D eigenvalue weighted by molar-refractivity contribution is -0.166. The normalized spacial score (nSPS) is 29.9. The van der Waals surface area contributed by atoms with Crippen LogP contribution in [0.25, 0.3) is 0 Å². The summed E-state index contributed by atoms with van der Waals surface area (Å²) in [5.74, 6) is -0.331. The van der Waals surface area contributed by atoms with Gasteiger partial charge in [0.1, 0.15) is 0 Å². The molecule has 2 unspecified atom stereocenters. The second-order valence-electron chi connectivity index (χ2n) is 2.53. The molecular formula is C8H12O4. The maximum atomic E-state index is 11.0. The van der Waals surface area contributed by atoms with Crippen LogP contribution in [0.2, 0.25) is 0 Å². The van der Waals surface area contributed by atoms with Gasteiger partial charge in [-0.3, -0.25) is 4.79 Å². The van der Waals surface area contributed by atoms with Crippen molar-refractivity contribution in [3.05, 3.63) is 11.8 Å². The van der Waals surface area contributed by atoms with Gasteiger partial charge in [0.25, 0.3) is 5.78 Å². The van der Waals surface area contributed by atoms with Crippen LogP contribution >= 0.6 is 0 Å². The zero-order valence-electron chi connectivity index (χ0n) is 7.11. The Morgan fingerprint density at radius 2 is 2.42 bits per heavy atom. The van der Waals surface area contributed by atoms with E-state index < -0.39 is 12.1 Å². The van der Waals surface area contributed by atoms with Gasteiger partial charge >= 0.3 is 0 Å². The molecule has 0 bridgehead atoms. The molecular weight excluding hydrogens is 160 g/mol. The zero-order chi connectivity index (χ0) is 9.14. The number of ketones is 1. The summed E-state index contributed by atoms with van der Waals surface area (Å²) in [6, 6.07) is 0. The van der Waals surface area contributed by atoms with Crippen molar-refractivity contribution in [3.8, 4) is 0 Å². The highest BCUT2D eigenvalue weighted by Gasteiger charge is 2.29. The van der Waals surface area contributed by atoms with Crippen molar-refractivity contribution in [2.24, 2.45) is 0 Å². The summed E-state index contributed by atoms with van der Waals surface area (Å²) in [4.78, 5) is 11.0. The second-order valence-corrected chi connectivity index (χ2v) is 2.53. The molecule has 0 saturated heterocycles. The second kappa shape index (κ2) is 3.69. The van der Waals surface area contributed by atoms with Crippen molar-refractivity contribution in [1.82, 2.24) is 0 Å². The Balaban J connectivity index is 2.79. The van der Waals surface area contributed by atoms with Crippen LogP contribution in [0.3, 0.4) is 0 Å². The van der Waals surface area contributed by atoms with E-state index in [0.29, 0.717) is 6.42 Å². The number of Topliss-reactive ketones (excluding diaryl/α,β-unsaturated/α-hetero) is 1. The quantitative estimate of drug-likeness (QED) is 0.647. The molecule has 12 heavy (non-hydrogen) atoms. The van der Waals surface area contributed by atoms with Crippen molar-refractivity contribution in [2.75, 3.05) is 7.11 Å². The molecule has 0 fully saturated rings. The smallest absolute Gasteiger partial charge is 0.252 e. The lowest BCUT2D eigenvalue weighted by Crippen LogP contribution is -2.34. The van der Waals surface area contributed by atoms with Crippen molar-refractivity contribution >= 4 is 5.78 Å². The minimum atomic E-state index is -1.37. The Bertz CT molecular complexity index is 209. The molecule has 1 N–H and O–H groups in total. The summed E-state index contributed by atoms with van der Waals surface area (Å²) < 4.78 is 9.71. The predicted molar refractivity (Wildman–Crippen MR) is 41.3 cm³/mol. The molecule has 68 valence electrons. The van der Waals surface area contributed by atoms with Crippen molar-refractivity contribution in [2.45, 2.75) is 25.7 Å². The van der Waals surface area contributed by atoms with Gasteiger partial charge in [-0.05, 0) is 12.5 Å². The van der Waals surface area contributed by atoms with Gasteiger partial charge in [0.05, 0.1) is 13.2 Å². The lowest BCUT2D eigenvalue weighted by Gasteiger charge is -2.22. The Labute approximate surface area is 70.8 Å². The number of hydrogen-bond acceptors (Lipinski definition) is 4. The fraction of sp³-hybridized carbons (Fsp3) is 0.625. The van der Waals surface area contributed by atoms with Gasteiger partial charge in [0, 0.05) is 0 Å². The molecule has 1 aliphatic rings. The summed E-state index contributed by atoms with van der Waals surface area (Å²) in [6.45, 7) is 1.90. The Morgan fingerprint density at radius 1 is 1.75 bits per heavy atom. The highest BCUT2D eigenvalue weighted by molar-refractivity contribution is 5.96. The molecule has 0 saturated carbocycles. The van der Waals surface area contributed by atoms with Gasteiger partial charge in [0.15, 0.2) is 5.76 Å². The van der Waals surface area contributed by atoms with Crippen LogP contribution in [0.5, 0.6) is 0 Å². The predicted octanol–water partition coefficient (Wildman–Crippen LogP) is 0.213. The third-order valence-corrected chi connectivity index (χ3v) is 1.73. The number of hydrogen-bond donors (Lipinski definition) is 1. The molecule has 0 aliphatic carbocycles. The van der Waals surface area contributed by atoms with Gasteiger partial charge in [-0.1, -0.05) is 6.92 Å². The Morgan fingerprint density at radius 3 is 2.92 bits per heavy atom. The zero-order valence-corrected chi connectivity index (χ0v) is 7.11. The Hall–Kier alpha value is -0.870. The SMILES string of the molecule is CCC1C=C(OC)C(=O)C(O)O1. The van der Waals surface area contributed by atoms with E-state index in [0.717, 1.165) is 0 Å². The number of aliphatic hydroxyl groups excluding tert-OH is 1. The fourth-order valence-electron chi connectivity index (χ4n) is 1.02. The number of methoxy groups -OCH3 is 1. The number of aliphatic hydroxyl groups is 1. The molecule has 1 heterocycles. The van der Waals surface area contributed by atoms with Gasteiger partial charge < -0.3 is 14.6 Å². The van der Waals surface area contributed by atoms with Crippen LogP contribution in [0, 0.1) is 0 Å². The molecule has 0 spiro atoms. The van der Waals surface area contributed by atoms with Crippen LogP contribution in [0.4, 0.5) is 0 Å². The molecule has 0 aromatic heterocycles. The standard InChI is InChI=1S/C8H12O4/c1-3-5-4-6(11-2)7(9)8(10)12-5/h4-5,8,10H,3H2,1-2H3. The van der Waals surface area contributed by atoms with E-state index in [-0.39, 0.29) is 11.9 Å². The van der Waals surface area contributed by atoms with Crippen molar-refractivity contribution < 1.29 is 19.4 Å². The van der Waals surface area contributed by atoms with Crippen LogP contribution in [-0.2, 0) is 14.3 Å². The number of ether oxygens (including phenoxy) is 2. The largest absolute Gasteiger partial charge is 0.493 e. The molecule has 4 nitrogen and oxygen atoms in total. The molecule has 0 amide bonds. The number of carbonyl (C=O) groups excluding carboxylic acids is 1. The maximum Gasteiger partial charge on any atom is 0.252 e. The van der Waals surface area contributed by atoms with E-state index in [2.05, 4.69) is 0 Å². The first kappa shape index (κ1) is 9.22. The third kappa shape index (κ3) is 1.65. The van der Waals surface area contributed by atoms with E-state index in [4.69, 9.17) is 14.6 Å². The average Bonchev–Trinajstić information content (AvgIpc) is 2.09. The minimum absolute atomic E-state index is 0.181. The summed E-state index contributed by atoms with van der Waals surface area (Å²) in [5.41, 5.74) is 0. The Kier molecular flexibility index (Phi) is 2.83. The molecule has 0 radical (unpaired) electrons. The van der Waals surface area contributed by atoms with Crippen LogP contribution in [0.1, 0.15) is 13.3 Å². The minimum Gasteiger partial charge on any atom is -0.493 e. The van der Waals surface area contributed by atoms with Gasteiger partial charge in [-0.25, -0.2) is 0 Å². The fourth-order valence-corrected chi connectivity index (χ4v) is 1.02. The van der Waals surface area contributed by atoms with E-state index >= 15 is 0 Å². The van der Waals surface area contributed by atoms with Gasteiger partial charge in [-0.15, -0.1) is 0 Å². The summed E-state index contributed by atoms with van der Waals surface area (Å²) in [7, 11) is 1.40. The van der Waals surface area contributed by atoms with E-state index in [1.54, 1.807) is 6.08 Å². The van der Waals surface area contributed by atoms with Crippen LogP contribution < -0.4 is 0 Å². The number of rotatable bonds is 2. The highest BCUT2D eigenvalue weighted by Crippen LogP contribution is 2.16. The first-order valence-corrected chi connectivity index (χ1v) is 3.82. The van der Waals surface area contributed by atoms with Gasteiger partial charge in [-0.2, -0.15) is 0 Å². The maximum absolute atomic E-state index is 11.0. The highest BCUT2D eigenvalue weighted by atomic mass is 16.6. The summed E-state index contributed by atoms with van der Waals surface area (Å²) in [6.07, 6.45) is 0.689. The molecule has 0 aromatic rings. The molecule has 1 rings (SSSR count). The monoisotopic (exact) mass is 172 g/mol. The summed E-state index contributed by atoms with van der Waals surface area (Å²) >= 11 is 0. The van der Waals surface area contributed by atoms with Crippen LogP contribution in [-0.4, -0.2) is 30.4 Å². The average molecular weight is 172 g/mol. The number of carbonyl (C=O) groups is 1. The van der Waals surface area contributed by atoms with Gasteiger partial charge in [0.2, 0.25) is 6.29 Å². The third-order valence-electron chi connectivity index (χ3n) is 1.73. The van der Waals surface area contributed by atoms with Crippen molar-refractivity contribution in [3.63, 3.8) is 0 Å². The summed E-state index contributed by atoms with van der Waals surface area (Å²) in [5, 5.41) is 9.09.